The summed E-state index contributed by atoms with van der Waals surface area (Å²) in [7, 11) is 6.50. The predicted molar refractivity (Wildman–Crippen MR) is 114 cm³/mol. The quantitative estimate of drug-likeness (QED) is 0.745. The zero-order chi connectivity index (χ0) is 21.0. The Morgan fingerprint density at radius 3 is 2.03 bits per heavy atom. The van der Waals surface area contributed by atoms with E-state index in [4.69, 9.17) is 14.2 Å². The third-order valence-corrected chi connectivity index (χ3v) is 5.56. The number of nitrogens with zero attached hydrogens (tertiary/aromatic N) is 2. The van der Waals surface area contributed by atoms with Crippen molar-refractivity contribution >= 4 is 11.6 Å². The van der Waals surface area contributed by atoms with Gasteiger partial charge in [-0.15, -0.1) is 0 Å². The Morgan fingerprint density at radius 1 is 1.00 bits per heavy atom. The van der Waals surface area contributed by atoms with Gasteiger partial charge in [-0.3, -0.25) is 4.79 Å². The van der Waals surface area contributed by atoms with E-state index in [1.54, 1.807) is 33.5 Å². The predicted octanol–water partition coefficient (Wildman–Crippen LogP) is 3.64. The van der Waals surface area contributed by atoms with E-state index in [0.29, 0.717) is 22.8 Å². The number of piperidine rings is 1. The Kier molecular flexibility index (Phi) is 6.52. The van der Waals surface area contributed by atoms with Crippen LogP contribution < -0.4 is 19.1 Å². The highest BCUT2D eigenvalue weighted by molar-refractivity contribution is 6.00. The Balaban J connectivity index is 1.73. The number of amides is 1. The summed E-state index contributed by atoms with van der Waals surface area (Å²) in [6, 6.07) is 11.8. The third kappa shape index (κ3) is 4.42. The molecule has 1 saturated heterocycles. The van der Waals surface area contributed by atoms with Gasteiger partial charge >= 0.3 is 0 Å². The molecule has 155 valence electrons. The lowest BCUT2D eigenvalue weighted by atomic mass is 10.0. The van der Waals surface area contributed by atoms with Gasteiger partial charge in [-0.2, -0.15) is 0 Å². The maximum atomic E-state index is 13.3. The Labute approximate surface area is 173 Å². The van der Waals surface area contributed by atoms with Crippen LogP contribution in [0.4, 0.5) is 5.69 Å². The number of carbonyl (C=O) groups excluding carboxylic acids is 1. The second kappa shape index (κ2) is 9.07. The summed E-state index contributed by atoms with van der Waals surface area (Å²) in [4.78, 5) is 17.5. The molecule has 3 rings (SSSR count). The highest BCUT2D eigenvalue weighted by Gasteiger charge is 2.30. The first-order valence-corrected chi connectivity index (χ1v) is 9.72. The van der Waals surface area contributed by atoms with Gasteiger partial charge in [-0.1, -0.05) is 12.1 Å². The van der Waals surface area contributed by atoms with Crippen molar-refractivity contribution in [2.24, 2.45) is 0 Å². The van der Waals surface area contributed by atoms with Crippen LogP contribution in [0.25, 0.3) is 0 Å². The monoisotopic (exact) mass is 397 g/mol. The summed E-state index contributed by atoms with van der Waals surface area (Å²) < 4.78 is 16.2. The second-order valence-corrected chi connectivity index (χ2v) is 7.21. The van der Waals surface area contributed by atoms with Gasteiger partial charge in [0.1, 0.15) is 22.8 Å². The molecule has 0 atom stereocenters. The summed E-state index contributed by atoms with van der Waals surface area (Å²) in [6.07, 6.45) is 1.80. The zero-order valence-corrected chi connectivity index (χ0v) is 17.6. The fraction of sp³-hybridized carbons (Fsp3) is 0.391. The van der Waals surface area contributed by atoms with Gasteiger partial charge in [-0.05, 0) is 37.5 Å². The lowest BCUT2D eigenvalue weighted by Gasteiger charge is -2.38. The van der Waals surface area contributed by atoms with Crippen molar-refractivity contribution in [1.82, 2.24) is 4.90 Å². The normalized spacial score (nSPS) is 14.4. The van der Waals surface area contributed by atoms with Gasteiger partial charge in [0.2, 0.25) is 0 Å². The molecule has 6 nitrogen and oxygen atoms in total. The highest BCUT2D eigenvalue weighted by atomic mass is 16.5. The van der Waals surface area contributed by atoms with E-state index in [0.717, 1.165) is 31.5 Å². The summed E-state index contributed by atoms with van der Waals surface area (Å²) >= 11 is 0. The standard InChI is InChI=1S/C23H29N2O4/c1-16-6-8-18(9-7-16)25-12-10-17(11-13-25)24(2)23(26)22-20(28-4)14-19(27-3)15-21(22)29-5/h6-9,14-15,17H,1,10-13H2,2-5H3. The fourth-order valence-corrected chi connectivity index (χ4v) is 3.78. The minimum Gasteiger partial charge on any atom is -0.496 e. The lowest BCUT2D eigenvalue weighted by molar-refractivity contribution is 0.0702. The van der Waals surface area contributed by atoms with Gasteiger partial charge in [-0.25, -0.2) is 0 Å². The Hall–Kier alpha value is -2.89. The second-order valence-electron chi connectivity index (χ2n) is 7.21. The highest BCUT2D eigenvalue weighted by Crippen LogP contribution is 2.35. The van der Waals surface area contributed by atoms with Crippen molar-refractivity contribution in [1.29, 1.82) is 0 Å². The SMILES string of the molecule is [CH2]c1ccc(N2CCC(N(C)C(=O)c3c(OC)cc(OC)cc3OC)CC2)cc1. The number of methoxy groups -OCH3 is 3. The van der Waals surface area contributed by atoms with Crippen LogP contribution in [0.1, 0.15) is 28.8 Å². The van der Waals surface area contributed by atoms with Gasteiger partial charge < -0.3 is 24.0 Å². The maximum absolute atomic E-state index is 13.3. The van der Waals surface area contributed by atoms with E-state index in [2.05, 4.69) is 24.0 Å². The minimum absolute atomic E-state index is 0.110. The van der Waals surface area contributed by atoms with E-state index < -0.39 is 0 Å². The van der Waals surface area contributed by atoms with E-state index in [9.17, 15) is 4.79 Å². The van der Waals surface area contributed by atoms with Crippen molar-refractivity contribution in [3.63, 3.8) is 0 Å². The molecule has 0 aromatic heterocycles. The van der Waals surface area contributed by atoms with Crippen LogP contribution in [0.5, 0.6) is 17.2 Å². The van der Waals surface area contributed by atoms with Crippen LogP contribution in [0.2, 0.25) is 0 Å². The average Bonchev–Trinajstić information content (AvgIpc) is 2.77. The van der Waals surface area contributed by atoms with Gasteiger partial charge in [0, 0.05) is 44.0 Å². The van der Waals surface area contributed by atoms with Crippen LogP contribution in [-0.2, 0) is 0 Å². The van der Waals surface area contributed by atoms with E-state index >= 15 is 0 Å². The van der Waals surface area contributed by atoms with E-state index in [-0.39, 0.29) is 11.9 Å². The molecule has 0 aliphatic carbocycles. The first-order valence-electron chi connectivity index (χ1n) is 9.72. The molecule has 0 N–H and O–H groups in total. The maximum Gasteiger partial charge on any atom is 0.261 e. The molecule has 1 radical (unpaired) electrons. The molecular formula is C23H29N2O4. The summed E-state index contributed by atoms with van der Waals surface area (Å²) in [5.74, 6) is 1.37. The number of carbonyl (C=O) groups is 1. The summed E-state index contributed by atoms with van der Waals surface area (Å²) in [6.45, 7) is 5.74. The molecule has 0 saturated carbocycles. The molecule has 6 heteroatoms. The Morgan fingerprint density at radius 2 is 1.55 bits per heavy atom. The van der Waals surface area contributed by atoms with Crippen molar-refractivity contribution in [2.45, 2.75) is 18.9 Å². The number of rotatable bonds is 6. The van der Waals surface area contributed by atoms with Crippen LogP contribution in [0.15, 0.2) is 36.4 Å². The number of anilines is 1. The fourth-order valence-electron chi connectivity index (χ4n) is 3.78. The van der Waals surface area contributed by atoms with Crippen molar-refractivity contribution in [3.8, 4) is 17.2 Å². The van der Waals surface area contributed by atoms with Gasteiger partial charge in [0.25, 0.3) is 5.91 Å². The molecule has 1 aliphatic heterocycles. The molecule has 0 unspecified atom stereocenters. The van der Waals surface area contributed by atoms with Gasteiger partial charge in [0.15, 0.2) is 0 Å². The number of ether oxygens (including phenoxy) is 3. The molecule has 1 fully saturated rings. The molecule has 29 heavy (non-hydrogen) atoms. The van der Waals surface area contributed by atoms with Crippen LogP contribution in [-0.4, -0.2) is 58.3 Å². The van der Waals surface area contributed by atoms with Crippen molar-refractivity contribution < 1.29 is 19.0 Å². The molecule has 1 amide bonds. The number of hydrogen-bond donors (Lipinski definition) is 0. The van der Waals surface area contributed by atoms with Crippen LogP contribution in [0, 0.1) is 6.92 Å². The zero-order valence-electron chi connectivity index (χ0n) is 17.6. The minimum atomic E-state index is -0.110. The van der Waals surface area contributed by atoms with Crippen molar-refractivity contribution in [3.05, 3.63) is 54.4 Å². The molecule has 0 bridgehead atoms. The Bertz CT molecular complexity index is 817. The largest absolute Gasteiger partial charge is 0.496 e. The molecular weight excluding hydrogens is 368 g/mol. The van der Waals surface area contributed by atoms with Crippen molar-refractivity contribution in [2.75, 3.05) is 46.4 Å². The third-order valence-electron chi connectivity index (χ3n) is 5.56. The summed E-state index contributed by atoms with van der Waals surface area (Å²) in [5, 5.41) is 0. The molecule has 1 heterocycles. The first kappa shape index (κ1) is 20.8. The summed E-state index contributed by atoms with van der Waals surface area (Å²) in [5.41, 5.74) is 2.63. The van der Waals surface area contributed by atoms with Crippen LogP contribution in [0.3, 0.4) is 0 Å². The number of hydrogen-bond acceptors (Lipinski definition) is 5. The topological polar surface area (TPSA) is 51.2 Å². The number of benzene rings is 2. The van der Waals surface area contributed by atoms with Gasteiger partial charge in [0.05, 0.1) is 21.3 Å². The first-order chi connectivity index (χ1) is 14.0. The van der Waals surface area contributed by atoms with E-state index in [1.807, 2.05) is 24.1 Å². The van der Waals surface area contributed by atoms with E-state index in [1.165, 1.54) is 5.69 Å². The molecule has 2 aromatic carbocycles. The molecule has 1 aliphatic rings. The molecule has 0 spiro atoms. The lowest BCUT2D eigenvalue weighted by Crippen LogP contribution is -2.45. The smallest absolute Gasteiger partial charge is 0.261 e. The average molecular weight is 397 g/mol. The molecule has 2 aromatic rings. The van der Waals surface area contributed by atoms with Crippen LogP contribution >= 0.6 is 0 Å².